The molecule has 0 fully saturated rings. The zero-order valence-corrected chi connectivity index (χ0v) is 14.2. The molecular weight excluding hydrogens is 362 g/mol. The van der Waals surface area contributed by atoms with E-state index in [4.69, 9.17) is 11.6 Å². The molecule has 0 aromatic heterocycles. The molecule has 0 radical (unpaired) electrons. The van der Waals surface area contributed by atoms with Gasteiger partial charge in [0, 0.05) is 28.4 Å². The second-order valence-electron chi connectivity index (χ2n) is 5.41. The van der Waals surface area contributed by atoms with Crippen molar-refractivity contribution in [3.05, 3.63) is 75.4 Å². The largest absolute Gasteiger partial charge is 0.359 e. The lowest BCUT2D eigenvalue weighted by Gasteiger charge is -2.23. The first-order valence-electron chi connectivity index (χ1n) is 7.12. The third-order valence-corrected chi connectivity index (χ3v) is 4.98. The van der Waals surface area contributed by atoms with Gasteiger partial charge in [-0.3, -0.25) is 4.79 Å². The van der Waals surface area contributed by atoms with Gasteiger partial charge in [0.2, 0.25) is 0 Å². The van der Waals surface area contributed by atoms with E-state index in [1.165, 1.54) is 5.56 Å². The molecule has 0 amide bonds. The van der Waals surface area contributed by atoms with Crippen LogP contribution in [0.1, 0.15) is 24.3 Å². The van der Waals surface area contributed by atoms with Gasteiger partial charge >= 0.3 is 0 Å². The molecular formula is C18H15BrClNO. The highest BCUT2D eigenvalue weighted by molar-refractivity contribution is 9.10. The van der Waals surface area contributed by atoms with Crippen molar-refractivity contribution in [1.29, 1.82) is 0 Å². The van der Waals surface area contributed by atoms with Crippen molar-refractivity contribution in [2.24, 2.45) is 0 Å². The van der Waals surface area contributed by atoms with Crippen molar-refractivity contribution in [1.82, 2.24) is 0 Å². The van der Waals surface area contributed by atoms with Crippen molar-refractivity contribution in [3.8, 4) is 0 Å². The second kappa shape index (κ2) is 6.67. The van der Waals surface area contributed by atoms with E-state index in [1.807, 2.05) is 36.4 Å². The van der Waals surface area contributed by atoms with Crippen LogP contribution in [-0.2, 0) is 4.79 Å². The second-order valence-corrected chi connectivity index (χ2v) is 6.67. The first-order valence-corrected chi connectivity index (χ1v) is 8.29. The average Bonchev–Trinajstić information content (AvgIpc) is 2.51. The monoisotopic (exact) mass is 375 g/mol. The maximum absolute atomic E-state index is 12.0. The van der Waals surface area contributed by atoms with Crippen LogP contribution >= 0.6 is 27.5 Å². The smallest absolute Gasteiger partial charge is 0.158 e. The van der Waals surface area contributed by atoms with Gasteiger partial charge in [-0.15, -0.1) is 0 Å². The minimum Gasteiger partial charge on any atom is -0.359 e. The fraction of sp³-hybridized carbons (Fsp3) is 0.167. The average molecular weight is 377 g/mol. The number of hydrogen-bond donors (Lipinski definition) is 1. The third kappa shape index (κ3) is 3.60. The lowest BCUT2D eigenvalue weighted by molar-refractivity contribution is -0.115. The molecule has 2 aromatic carbocycles. The summed E-state index contributed by atoms with van der Waals surface area (Å²) in [6.45, 7) is 0. The quantitative estimate of drug-likeness (QED) is 0.761. The van der Waals surface area contributed by atoms with Crippen LogP contribution in [-0.4, -0.2) is 5.78 Å². The van der Waals surface area contributed by atoms with Gasteiger partial charge in [0.1, 0.15) is 0 Å². The molecule has 3 rings (SSSR count). The van der Waals surface area contributed by atoms with Gasteiger partial charge in [0.05, 0.1) is 5.02 Å². The summed E-state index contributed by atoms with van der Waals surface area (Å²) in [6.07, 6.45) is 3.09. The number of carbonyl (C=O) groups is 1. The zero-order chi connectivity index (χ0) is 15.5. The van der Waals surface area contributed by atoms with Crippen LogP contribution in [0.3, 0.4) is 0 Å². The highest BCUT2D eigenvalue weighted by atomic mass is 79.9. The van der Waals surface area contributed by atoms with Gasteiger partial charge in [0.15, 0.2) is 5.78 Å². The topological polar surface area (TPSA) is 29.1 Å². The Morgan fingerprint density at radius 3 is 2.59 bits per heavy atom. The Morgan fingerprint density at radius 1 is 1.09 bits per heavy atom. The lowest BCUT2D eigenvalue weighted by Crippen LogP contribution is -2.16. The predicted octanol–water partition coefficient (Wildman–Crippen LogP) is 5.55. The predicted molar refractivity (Wildman–Crippen MR) is 94.3 cm³/mol. The standard InChI is InChI=1S/C18H15BrClNO/c19-17-7-6-14(11-18(17)20)21-15-8-13(9-16(22)10-15)12-4-2-1-3-5-12/h1-7,10-11,13,21H,8-9H2/t13-/m1/s1. The van der Waals surface area contributed by atoms with Crippen LogP contribution in [0.5, 0.6) is 0 Å². The molecule has 4 heteroatoms. The summed E-state index contributed by atoms with van der Waals surface area (Å²) < 4.78 is 0.857. The van der Waals surface area contributed by atoms with Gasteiger partial charge in [-0.2, -0.15) is 0 Å². The molecule has 0 saturated carbocycles. The van der Waals surface area contributed by atoms with Gasteiger partial charge < -0.3 is 5.32 Å². The van der Waals surface area contributed by atoms with Gasteiger partial charge in [-0.25, -0.2) is 0 Å². The summed E-state index contributed by atoms with van der Waals surface area (Å²) in [5, 5.41) is 3.96. The van der Waals surface area contributed by atoms with Crippen molar-refractivity contribution >= 4 is 39.0 Å². The molecule has 0 unspecified atom stereocenters. The number of benzene rings is 2. The number of halogens is 2. The summed E-state index contributed by atoms with van der Waals surface area (Å²) >= 11 is 9.49. The number of nitrogens with one attached hydrogen (secondary N) is 1. The summed E-state index contributed by atoms with van der Waals surface area (Å²) in [6, 6.07) is 15.9. The molecule has 0 heterocycles. The molecule has 0 spiro atoms. The Morgan fingerprint density at radius 2 is 1.86 bits per heavy atom. The molecule has 1 atom stereocenters. The highest BCUT2D eigenvalue weighted by Crippen LogP contribution is 2.33. The normalized spacial score (nSPS) is 18.0. The van der Waals surface area contributed by atoms with Crippen LogP contribution in [0.25, 0.3) is 0 Å². The Balaban J connectivity index is 1.78. The summed E-state index contributed by atoms with van der Waals surface area (Å²) in [4.78, 5) is 12.0. The van der Waals surface area contributed by atoms with Crippen LogP contribution in [0.2, 0.25) is 5.02 Å². The molecule has 0 aliphatic heterocycles. The minimum absolute atomic E-state index is 0.158. The molecule has 2 nitrogen and oxygen atoms in total. The van der Waals surface area contributed by atoms with Crippen molar-refractivity contribution < 1.29 is 4.79 Å². The first kappa shape index (κ1) is 15.3. The molecule has 1 N–H and O–H groups in total. The molecule has 0 saturated heterocycles. The van der Waals surface area contributed by atoms with Gasteiger partial charge in [0.25, 0.3) is 0 Å². The number of anilines is 1. The van der Waals surface area contributed by atoms with E-state index >= 15 is 0 Å². The van der Waals surface area contributed by atoms with E-state index in [2.05, 4.69) is 33.4 Å². The van der Waals surface area contributed by atoms with E-state index in [0.29, 0.717) is 11.4 Å². The molecule has 22 heavy (non-hydrogen) atoms. The van der Waals surface area contributed by atoms with Crippen LogP contribution in [0.15, 0.2) is 64.8 Å². The number of allylic oxidation sites excluding steroid dienone is 2. The summed E-state index contributed by atoms with van der Waals surface area (Å²) in [5.41, 5.74) is 3.03. The number of carbonyl (C=O) groups excluding carboxylic acids is 1. The number of ketones is 1. The molecule has 2 aromatic rings. The Labute approximate surface area is 143 Å². The van der Waals surface area contributed by atoms with E-state index in [9.17, 15) is 4.79 Å². The Hall–Kier alpha value is -1.58. The number of hydrogen-bond acceptors (Lipinski definition) is 2. The van der Waals surface area contributed by atoms with Crippen molar-refractivity contribution in [3.63, 3.8) is 0 Å². The molecule has 112 valence electrons. The molecule has 0 bridgehead atoms. The van der Waals surface area contributed by atoms with Crippen molar-refractivity contribution in [2.45, 2.75) is 18.8 Å². The lowest BCUT2D eigenvalue weighted by atomic mass is 9.85. The summed E-state index contributed by atoms with van der Waals surface area (Å²) in [5.74, 6) is 0.387. The van der Waals surface area contributed by atoms with Gasteiger partial charge in [-0.1, -0.05) is 41.9 Å². The van der Waals surface area contributed by atoms with Crippen molar-refractivity contribution in [2.75, 3.05) is 5.32 Å². The van der Waals surface area contributed by atoms with E-state index in [1.54, 1.807) is 6.08 Å². The fourth-order valence-electron chi connectivity index (χ4n) is 2.70. The maximum Gasteiger partial charge on any atom is 0.158 e. The van der Waals surface area contributed by atoms with Crippen LogP contribution in [0, 0.1) is 0 Å². The van der Waals surface area contributed by atoms with Crippen LogP contribution in [0.4, 0.5) is 5.69 Å². The zero-order valence-electron chi connectivity index (χ0n) is 11.9. The molecule has 1 aliphatic rings. The fourth-order valence-corrected chi connectivity index (χ4v) is 3.13. The number of rotatable bonds is 3. The highest BCUT2D eigenvalue weighted by Gasteiger charge is 2.22. The minimum atomic E-state index is 0.158. The van der Waals surface area contributed by atoms with Gasteiger partial charge in [-0.05, 0) is 52.0 Å². The Bertz CT molecular complexity index is 727. The van der Waals surface area contributed by atoms with Crippen LogP contribution < -0.4 is 5.32 Å². The SMILES string of the molecule is O=C1C=C(Nc2ccc(Br)c(Cl)c2)C[C@@H](c2ccccc2)C1. The third-order valence-electron chi connectivity index (χ3n) is 3.74. The molecule has 1 aliphatic carbocycles. The first-order chi connectivity index (χ1) is 10.6. The van der Waals surface area contributed by atoms with E-state index < -0.39 is 0 Å². The Kier molecular flexibility index (Phi) is 4.65. The summed E-state index contributed by atoms with van der Waals surface area (Å²) in [7, 11) is 0. The van der Waals surface area contributed by atoms with E-state index in [-0.39, 0.29) is 11.7 Å². The van der Waals surface area contributed by atoms with E-state index in [0.717, 1.165) is 22.3 Å². The maximum atomic E-state index is 12.0.